The maximum absolute atomic E-state index is 4.38. The van der Waals surface area contributed by atoms with Crippen molar-refractivity contribution in [1.82, 2.24) is 10.3 Å². The van der Waals surface area contributed by atoms with Gasteiger partial charge in [0, 0.05) is 28.9 Å². The molecule has 2 atom stereocenters. The lowest BCUT2D eigenvalue weighted by Crippen LogP contribution is -2.23. The molecule has 96 valence electrons. The van der Waals surface area contributed by atoms with Crippen LogP contribution in [0.3, 0.4) is 0 Å². The van der Waals surface area contributed by atoms with Crippen molar-refractivity contribution in [3.63, 3.8) is 0 Å². The lowest BCUT2D eigenvalue weighted by Gasteiger charge is -2.19. The highest BCUT2D eigenvalue weighted by atomic mass is 32.2. The van der Waals surface area contributed by atoms with Crippen molar-refractivity contribution in [2.75, 3.05) is 12.3 Å². The van der Waals surface area contributed by atoms with Gasteiger partial charge in [0.25, 0.3) is 0 Å². The highest BCUT2D eigenvalue weighted by molar-refractivity contribution is 7.99. The number of pyridine rings is 1. The number of thioether (sulfide) groups is 1. The number of hydrogen-bond acceptors (Lipinski definition) is 3. The van der Waals surface area contributed by atoms with E-state index in [9.17, 15) is 0 Å². The molecule has 1 N–H and O–H groups in total. The Labute approximate surface area is 110 Å². The normalized spacial score (nSPS) is 14.6. The first-order valence-electron chi connectivity index (χ1n) is 6.44. The molecule has 0 bridgehead atoms. The quantitative estimate of drug-likeness (QED) is 0.803. The summed E-state index contributed by atoms with van der Waals surface area (Å²) >= 11 is 2.03. The SMILES string of the molecule is CCNC(CSC(C)CC)c1ccc(C)nc1. The van der Waals surface area contributed by atoms with E-state index in [-0.39, 0.29) is 0 Å². The average Bonchev–Trinajstić information content (AvgIpc) is 2.35. The van der Waals surface area contributed by atoms with Crippen LogP contribution in [0.25, 0.3) is 0 Å². The van der Waals surface area contributed by atoms with Crippen LogP contribution in [0.1, 0.15) is 44.5 Å². The van der Waals surface area contributed by atoms with E-state index < -0.39 is 0 Å². The molecule has 17 heavy (non-hydrogen) atoms. The molecule has 2 unspecified atom stereocenters. The van der Waals surface area contributed by atoms with Gasteiger partial charge in [0.15, 0.2) is 0 Å². The third-order valence-electron chi connectivity index (χ3n) is 2.91. The van der Waals surface area contributed by atoms with E-state index in [0.29, 0.717) is 6.04 Å². The van der Waals surface area contributed by atoms with Gasteiger partial charge in [-0.25, -0.2) is 0 Å². The molecule has 2 nitrogen and oxygen atoms in total. The standard InChI is InChI=1S/C14H24N2S/c1-5-12(4)17-10-14(15-6-2)13-8-7-11(3)16-9-13/h7-9,12,14-15H,5-6,10H2,1-4H3. The van der Waals surface area contributed by atoms with Gasteiger partial charge in [-0.2, -0.15) is 11.8 Å². The molecule has 0 spiro atoms. The Kier molecular flexibility index (Phi) is 6.60. The summed E-state index contributed by atoms with van der Waals surface area (Å²) in [6.45, 7) is 9.72. The summed E-state index contributed by atoms with van der Waals surface area (Å²) in [5.41, 5.74) is 2.38. The van der Waals surface area contributed by atoms with Crippen molar-refractivity contribution in [1.29, 1.82) is 0 Å². The van der Waals surface area contributed by atoms with Crippen molar-refractivity contribution in [2.45, 2.75) is 45.4 Å². The van der Waals surface area contributed by atoms with Crippen molar-refractivity contribution >= 4 is 11.8 Å². The summed E-state index contributed by atoms with van der Waals surface area (Å²) in [4.78, 5) is 4.38. The summed E-state index contributed by atoms with van der Waals surface area (Å²) in [6, 6.07) is 4.70. The van der Waals surface area contributed by atoms with Crippen LogP contribution in [0.2, 0.25) is 0 Å². The molecule has 0 aliphatic carbocycles. The van der Waals surface area contributed by atoms with Crippen LogP contribution in [0, 0.1) is 6.92 Å². The number of nitrogens with one attached hydrogen (secondary N) is 1. The van der Waals surface area contributed by atoms with Gasteiger partial charge in [-0.05, 0) is 31.5 Å². The maximum Gasteiger partial charge on any atom is 0.0427 e. The van der Waals surface area contributed by atoms with Crippen LogP contribution >= 0.6 is 11.8 Å². The summed E-state index contributed by atoms with van der Waals surface area (Å²) in [5, 5.41) is 4.27. The van der Waals surface area contributed by atoms with Gasteiger partial charge >= 0.3 is 0 Å². The molecule has 0 saturated carbocycles. The zero-order valence-corrected chi connectivity index (χ0v) is 12.2. The third kappa shape index (κ3) is 5.09. The molecule has 3 heteroatoms. The van der Waals surface area contributed by atoms with Gasteiger partial charge in [-0.1, -0.05) is 26.8 Å². The highest BCUT2D eigenvalue weighted by Gasteiger charge is 2.12. The first-order chi connectivity index (χ1) is 8.17. The molecule has 0 aliphatic heterocycles. The van der Waals surface area contributed by atoms with Crippen molar-refractivity contribution < 1.29 is 0 Å². The largest absolute Gasteiger partial charge is 0.309 e. The number of nitrogens with zero attached hydrogens (tertiary/aromatic N) is 1. The van der Waals surface area contributed by atoms with Crippen molar-refractivity contribution in [2.24, 2.45) is 0 Å². The van der Waals surface area contributed by atoms with Gasteiger partial charge in [0.2, 0.25) is 0 Å². The molecule has 0 saturated heterocycles. The van der Waals surface area contributed by atoms with E-state index >= 15 is 0 Å². The fourth-order valence-corrected chi connectivity index (χ4v) is 2.65. The summed E-state index contributed by atoms with van der Waals surface area (Å²) in [7, 11) is 0. The van der Waals surface area contributed by atoms with E-state index in [2.05, 4.69) is 43.2 Å². The second kappa shape index (κ2) is 7.72. The molecule has 1 aromatic rings. The van der Waals surface area contributed by atoms with E-state index in [1.165, 1.54) is 12.0 Å². The van der Waals surface area contributed by atoms with Crippen LogP contribution in [0.4, 0.5) is 0 Å². The number of aromatic nitrogens is 1. The Morgan fingerprint density at radius 3 is 2.65 bits per heavy atom. The number of rotatable bonds is 7. The van der Waals surface area contributed by atoms with E-state index in [4.69, 9.17) is 0 Å². The van der Waals surface area contributed by atoms with Crippen LogP contribution in [0.5, 0.6) is 0 Å². The molecular formula is C14H24N2S. The van der Waals surface area contributed by atoms with Crippen molar-refractivity contribution in [3.8, 4) is 0 Å². The lowest BCUT2D eigenvalue weighted by molar-refractivity contribution is 0.602. The topological polar surface area (TPSA) is 24.9 Å². The van der Waals surface area contributed by atoms with Gasteiger partial charge in [0.1, 0.15) is 0 Å². The first-order valence-corrected chi connectivity index (χ1v) is 7.49. The molecule has 0 fully saturated rings. The molecule has 0 aliphatic rings. The Hall–Kier alpha value is -0.540. The van der Waals surface area contributed by atoms with E-state index in [1.807, 2.05) is 24.9 Å². The minimum Gasteiger partial charge on any atom is -0.309 e. The molecule has 0 amide bonds. The molecule has 1 heterocycles. The van der Waals surface area contributed by atoms with Crippen LogP contribution in [-0.2, 0) is 0 Å². The Balaban J connectivity index is 2.61. The van der Waals surface area contributed by atoms with E-state index in [1.54, 1.807) is 0 Å². The minimum atomic E-state index is 0.423. The molecular weight excluding hydrogens is 228 g/mol. The average molecular weight is 252 g/mol. The zero-order chi connectivity index (χ0) is 12.7. The Morgan fingerprint density at radius 2 is 2.12 bits per heavy atom. The van der Waals surface area contributed by atoms with Gasteiger partial charge in [0.05, 0.1) is 0 Å². The first kappa shape index (κ1) is 14.5. The lowest BCUT2D eigenvalue weighted by atomic mass is 10.1. The summed E-state index contributed by atoms with van der Waals surface area (Å²) in [5.74, 6) is 1.12. The van der Waals surface area contributed by atoms with E-state index in [0.717, 1.165) is 23.2 Å². The Bertz CT molecular complexity index is 311. The molecule has 0 aromatic carbocycles. The number of hydrogen-bond donors (Lipinski definition) is 1. The van der Waals surface area contributed by atoms with Gasteiger partial charge in [-0.15, -0.1) is 0 Å². The van der Waals surface area contributed by atoms with Gasteiger partial charge in [-0.3, -0.25) is 4.98 Å². The van der Waals surface area contributed by atoms with Crippen LogP contribution in [-0.4, -0.2) is 22.5 Å². The minimum absolute atomic E-state index is 0.423. The maximum atomic E-state index is 4.38. The fourth-order valence-electron chi connectivity index (χ4n) is 1.58. The van der Waals surface area contributed by atoms with Crippen molar-refractivity contribution in [3.05, 3.63) is 29.6 Å². The van der Waals surface area contributed by atoms with Crippen LogP contribution in [0.15, 0.2) is 18.3 Å². The second-order valence-corrected chi connectivity index (χ2v) is 5.87. The zero-order valence-electron chi connectivity index (χ0n) is 11.4. The fraction of sp³-hybridized carbons (Fsp3) is 0.643. The number of aryl methyl sites for hydroxylation is 1. The monoisotopic (exact) mass is 252 g/mol. The highest BCUT2D eigenvalue weighted by Crippen LogP contribution is 2.22. The third-order valence-corrected chi connectivity index (χ3v) is 4.34. The Morgan fingerprint density at radius 1 is 1.35 bits per heavy atom. The summed E-state index contributed by atoms with van der Waals surface area (Å²) in [6.07, 6.45) is 3.23. The van der Waals surface area contributed by atoms with Gasteiger partial charge < -0.3 is 5.32 Å². The molecule has 0 radical (unpaired) electrons. The predicted molar refractivity (Wildman–Crippen MR) is 77.6 cm³/mol. The smallest absolute Gasteiger partial charge is 0.0427 e. The second-order valence-electron chi connectivity index (χ2n) is 4.40. The van der Waals surface area contributed by atoms with Crippen LogP contribution < -0.4 is 5.32 Å². The molecule has 1 aromatic heterocycles. The summed E-state index contributed by atoms with van der Waals surface area (Å²) < 4.78 is 0. The molecule has 1 rings (SSSR count). The predicted octanol–water partition coefficient (Wildman–Crippen LogP) is 3.57.